The molecule has 0 spiro atoms. The van der Waals surface area contributed by atoms with Gasteiger partial charge in [0.05, 0.1) is 4.47 Å². The first-order chi connectivity index (χ1) is 6.74. The summed E-state index contributed by atoms with van der Waals surface area (Å²) in [5.41, 5.74) is 0. The van der Waals surface area contributed by atoms with Gasteiger partial charge >= 0.3 is 0 Å². The van der Waals surface area contributed by atoms with Gasteiger partial charge in [0.1, 0.15) is 0 Å². The lowest BCUT2D eigenvalue weighted by Gasteiger charge is -2.12. The van der Waals surface area contributed by atoms with Gasteiger partial charge in [0.15, 0.2) is 0 Å². The Morgan fingerprint density at radius 1 is 1.50 bits per heavy atom. The number of aromatic nitrogens is 2. The molecule has 5 heteroatoms. The summed E-state index contributed by atoms with van der Waals surface area (Å²) in [6, 6.07) is 0. The van der Waals surface area contributed by atoms with E-state index in [0.717, 1.165) is 11.0 Å². The Hall–Kier alpha value is -0.290. The zero-order chi connectivity index (χ0) is 10.0. The summed E-state index contributed by atoms with van der Waals surface area (Å²) < 4.78 is 1.37. The summed E-state index contributed by atoms with van der Waals surface area (Å²) in [6.45, 7) is 0.968. The largest absolute Gasteiger partial charge is 0.353 e. The second kappa shape index (κ2) is 4.06. The molecule has 1 aromatic rings. The molecule has 1 saturated carbocycles. The standard InChI is InChI=1S/C9H12BrN3S/c1-14-9(2-3-9)6-13-8-11-4-7(10)5-12-8/h4-5H,2-3,6H2,1H3,(H,11,12,13). The number of nitrogens with one attached hydrogen (secondary N) is 1. The smallest absolute Gasteiger partial charge is 0.222 e. The number of thioether (sulfide) groups is 1. The van der Waals surface area contributed by atoms with Crippen molar-refractivity contribution < 1.29 is 0 Å². The highest BCUT2D eigenvalue weighted by Crippen LogP contribution is 2.46. The zero-order valence-corrected chi connectivity index (χ0v) is 10.4. The van der Waals surface area contributed by atoms with Gasteiger partial charge in [-0.25, -0.2) is 9.97 Å². The molecule has 76 valence electrons. The Kier molecular flexibility index (Phi) is 2.97. The van der Waals surface area contributed by atoms with E-state index in [9.17, 15) is 0 Å². The van der Waals surface area contributed by atoms with Gasteiger partial charge in [-0.05, 0) is 35.0 Å². The van der Waals surface area contributed by atoms with Crippen LogP contribution in [0.3, 0.4) is 0 Å². The molecule has 0 amide bonds. The molecule has 1 aromatic heterocycles. The fourth-order valence-corrected chi connectivity index (χ4v) is 2.17. The fourth-order valence-electron chi connectivity index (χ4n) is 1.24. The van der Waals surface area contributed by atoms with Crippen LogP contribution in [0.15, 0.2) is 16.9 Å². The summed E-state index contributed by atoms with van der Waals surface area (Å²) in [7, 11) is 0. The number of halogens is 1. The lowest BCUT2D eigenvalue weighted by atomic mass is 10.4. The van der Waals surface area contributed by atoms with E-state index in [1.165, 1.54) is 12.8 Å². The number of rotatable bonds is 4. The van der Waals surface area contributed by atoms with E-state index in [4.69, 9.17) is 0 Å². The molecule has 3 nitrogen and oxygen atoms in total. The maximum atomic E-state index is 4.17. The molecule has 0 aromatic carbocycles. The lowest BCUT2D eigenvalue weighted by molar-refractivity contribution is 0.925. The fraction of sp³-hybridized carbons (Fsp3) is 0.556. The van der Waals surface area contributed by atoms with Crippen molar-refractivity contribution in [3.8, 4) is 0 Å². The van der Waals surface area contributed by atoms with Gasteiger partial charge in [-0.3, -0.25) is 0 Å². The molecule has 0 atom stereocenters. The number of hydrogen-bond acceptors (Lipinski definition) is 4. The first-order valence-corrected chi connectivity index (χ1v) is 6.52. The quantitative estimate of drug-likeness (QED) is 0.915. The maximum Gasteiger partial charge on any atom is 0.222 e. The molecular formula is C9H12BrN3S. The Morgan fingerprint density at radius 3 is 2.64 bits per heavy atom. The van der Waals surface area contributed by atoms with Gasteiger partial charge in [0, 0.05) is 23.7 Å². The van der Waals surface area contributed by atoms with Crippen molar-refractivity contribution in [2.45, 2.75) is 17.6 Å². The number of anilines is 1. The minimum Gasteiger partial charge on any atom is -0.353 e. The third-order valence-corrected chi connectivity index (χ3v) is 4.26. The van der Waals surface area contributed by atoms with Crippen molar-refractivity contribution in [2.75, 3.05) is 18.1 Å². The highest BCUT2D eigenvalue weighted by molar-refractivity contribution is 9.10. The van der Waals surface area contributed by atoms with Crippen LogP contribution in [-0.4, -0.2) is 27.5 Å². The summed E-state index contributed by atoms with van der Waals surface area (Å²) in [5, 5.41) is 3.26. The molecule has 0 radical (unpaired) electrons. The van der Waals surface area contributed by atoms with Crippen LogP contribution in [0.2, 0.25) is 0 Å². The molecule has 0 bridgehead atoms. The summed E-state index contributed by atoms with van der Waals surface area (Å²) in [4.78, 5) is 8.33. The molecular weight excluding hydrogens is 262 g/mol. The van der Waals surface area contributed by atoms with Crippen molar-refractivity contribution in [1.82, 2.24) is 9.97 Å². The van der Waals surface area contributed by atoms with Gasteiger partial charge < -0.3 is 5.32 Å². The Balaban J connectivity index is 1.89. The van der Waals surface area contributed by atoms with Crippen LogP contribution in [0, 0.1) is 0 Å². The molecule has 1 aliphatic rings. The van der Waals surface area contributed by atoms with E-state index in [-0.39, 0.29) is 0 Å². The second-order valence-electron chi connectivity index (χ2n) is 3.47. The monoisotopic (exact) mass is 273 g/mol. The molecule has 0 saturated heterocycles. The van der Waals surface area contributed by atoms with Gasteiger partial charge in [-0.2, -0.15) is 11.8 Å². The SMILES string of the molecule is CSC1(CNc2ncc(Br)cn2)CC1. The van der Waals surface area contributed by atoms with E-state index in [1.807, 2.05) is 11.8 Å². The Morgan fingerprint density at radius 2 is 2.14 bits per heavy atom. The lowest BCUT2D eigenvalue weighted by Crippen LogP contribution is -2.18. The van der Waals surface area contributed by atoms with Crippen LogP contribution in [0.5, 0.6) is 0 Å². The van der Waals surface area contributed by atoms with Crippen molar-refractivity contribution >= 4 is 33.6 Å². The zero-order valence-electron chi connectivity index (χ0n) is 7.96. The average Bonchev–Trinajstić information content (AvgIpc) is 2.98. The highest BCUT2D eigenvalue weighted by atomic mass is 79.9. The molecule has 0 unspecified atom stereocenters. The van der Waals surface area contributed by atoms with Crippen molar-refractivity contribution in [3.63, 3.8) is 0 Å². The normalized spacial score (nSPS) is 17.9. The van der Waals surface area contributed by atoms with Crippen LogP contribution in [0.1, 0.15) is 12.8 Å². The predicted molar refractivity (Wildman–Crippen MR) is 63.7 cm³/mol. The predicted octanol–water partition coefficient (Wildman–Crippen LogP) is 2.55. The van der Waals surface area contributed by atoms with E-state index in [1.54, 1.807) is 12.4 Å². The highest BCUT2D eigenvalue weighted by Gasteiger charge is 2.41. The Labute approximate surface area is 96.2 Å². The molecule has 1 heterocycles. The van der Waals surface area contributed by atoms with Gasteiger partial charge in [0.2, 0.25) is 5.95 Å². The molecule has 14 heavy (non-hydrogen) atoms. The minimum absolute atomic E-state index is 0.455. The summed E-state index contributed by atoms with van der Waals surface area (Å²) >= 11 is 5.24. The average molecular weight is 274 g/mol. The van der Waals surface area contributed by atoms with Gasteiger partial charge in [-0.15, -0.1) is 0 Å². The first-order valence-electron chi connectivity index (χ1n) is 4.51. The molecule has 0 aliphatic heterocycles. The second-order valence-corrected chi connectivity index (χ2v) is 5.66. The van der Waals surface area contributed by atoms with Crippen molar-refractivity contribution in [1.29, 1.82) is 0 Å². The van der Waals surface area contributed by atoms with E-state index in [0.29, 0.717) is 10.7 Å². The minimum atomic E-state index is 0.455. The maximum absolute atomic E-state index is 4.17. The van der Waals surface area contributed by atoms with E-state index < -0.39 is 0 Å². The third-order valence-electron chi connectivity index (χ3n) is 2.43. The van der Waals surface area contributed by atoms with E-state index >= 15 is 0 Å². The number of hydrogen-bond donors (Lipinski definition) is 1. The van der Waals surface area contributed by atoms with Crippen LogP contribution in [0.4, 0.5) is 5.95 Å². The molecule has 2 rings (SSSR count). The van der Waals surface area contributed by atoms with Crippen LogP contribution >= 0.6 is 27.7 Å². The summed E-state index contributed by atoms with van der Waals surface area (Å²) in [5.74, 6) is 0.716. The first kappa shape index (κ1) is 10.2. The molecule has 1 aliphatic carbocycles. The third kappa shape index (κ3) is 2.39. The van der Waals surface area contributed by atoms with Crippen LogP contribution in [-0.2, 0) is 0 Å². The molecule has 1 fully saturated rings. The van der Waals surface area contributed by atoms with Gasteiger partial charge in [-0.1, -0.05) is 0 Å². The van der Waals surface area contributed by atoms with Gasteiger partial charge in [0.25, 0.3) is 0 Å². The summed E-state index contributed by atoms with van der Waals surface area (Å²) in [6.07, 6.45) is 8.29. The van der Waals surface area contributed by atoms with Crippen LogP contribution in [0.25, 0.3) is 0 Å². The topological polar surface area (TPSA) is 37.8 Å². The molecule has 1 N–H and O–H groups in total. The Bertz CT molecular complexity index is 310. The van der Waals surface area contributed by atoms with E-state index in [2.05, 4.69) is 37.5 Å². The van der Waals surface area contributed by atoms with Crippen LogP contribution < -0.4 is 5.32 Å². The van der Waals surface area contributed by atoms with Crippen molar-refractivity contribution in [3.05, 3.63) is 16.9 Å². The van der Waals surface area contributed by atoms with Crippen molar-refractivity contribution in [2.24, 2.45) is 0 Å². The number of nitrogens with zero attached hydrogens (tertiary/aromatic N) is 2.